The van der Waals surface area contributed by atoms with E-state index in [9.17, 15) is 9.90 Å². The molecule has 1 atom stereocenters. The van der Waals surface area contributed by atoms with E-state index in [0.29, 0.717) is 5.69 Å². The molecule has 1 unspecified atom stereocenters. The first kappa shape index (κ1) is 12.3. The van der Waals surface area contributed by atoms with Crippen LogP contribution >= 0.6 is 0 Å². The van der Waals surface area contributed by atoms with E-state index in [1.807, 2.05) is 0 Å². The van der Waals surface area contributed by atoms with Crippen LogP contribution < -0.4 is 21.3 Å². The van der Waals surface area contributed by atoms with Crippen molar-refractivity contribution in [1.29, 1.82) is 0 Å². The van der Waals surface area contributed by atoms with E-state index < -0.39 is 6.35 Å². The van der Waals surface area contributed by atoms with Gasteiger partial charge >= 0.3 is 6.03 Å². The lowest BCUT2D eigenvalue weighted by atomic mass is 10.3. The Hall–Kier alpha value is -1.79. The molecule has 1 aromatic rings. The second-order valence-electron chi connectivity index (χ2n) is 3.12. The highest BCUT2D eigenvalue weighted by molar-refractivity contribution is 5.89. The smallest absolute Gasteiger partial charge is 0.318 e. The van der Waals surface area contributed by atoms with E-state index in [1.165, 1.54) is 0 Å². The number of carbonyl (C=O) groups excluding carboxylic acids is 1. The van der Waals surface area contributed by atoms with Crippen molar-refractivity contribution >= 4 is 17.4 Å². The number of anilines is 2. The Kier molecular flexibility index (Phi) is 4.56. The summed E-state index contributed by atoms with van der Waals surface area (Å²) in [7, 11) is 3.19. The maximum absolute atomic E-state index is 11.0. The Bertz CT molecular complexity index is 339. The number of aliphatic hydroxyl groups excluding tert-OH is 1. The molecule has 0 aliphatic carbocycles. The molecule has 1 rings (SSSR count). The van der Waals surface area contributed by atoms with Crippen molar-refractivity contribution in [3.05, 3.63) is 24.3 Å². The lowest BCUT2D eigenvalue weighted by molar-refractivity contribution is 0.176. The summed E-state index contributed by atoms with van der Waals surface area (Å²) in [6.45, 7) is 0. The molecule has 1 aromatic carbocycles. The Morgan fingerprint density at radius 2 is 1.75 bits per heavy atom. The van der Waals surface area contributed by atoms with Crippen molar-refractivity contribution in [3.8, 4) is 0 Å². The van der Waals surface area contributed by atoms with Gasteiger partial charge in [0.25, 0.3) is 0 Å². The summed E-state index contributed by atoms with van der Waals surface area (Å²) in [5.74, 6) is 0. The quantitative estimate of drug-likeness (QED) is 0.478. The molecule has 0 radical (unpaired) electrons. The molecular formula is C10H16N4O2. The molecule has 0 fully saturated rings. The number of carbonyl (C=O) groups is 1. The Labute approximate surface area is 94.0 Å². The lowest BCUT2D eigenvalue weighted by Gasteiger charge is -2.13. The van der Waals surface area contributed by atoms with Crippen molar-refractivity contribution in [1.82, 2.24) is 10.6 Å². The van der Waals surface area contributed by atoms with E-state index >= 15 is 0 Å². The highest BCUT2D eigenvalue weighted by Crippen LogP contribution is 2.13. The summed E-state index contributed by atoms with van der Waals surface area (Å²) in [6, 6.07) is 6.72. The van der Waals surface area contributed by atoms with E-state index in [4.69, 9.17) is 0 Å². The second-order valence-corrected chi connectivity index (χ2v) is 3.12. The minimum absolute atomic E-state index is 0.268. The summed E-state index contributed by atoms with van der Waals surface area (Å²) < 4.78 is 0. The van der Waals surface area contributed by atoms with Crippen LogP contribution in [0.2, 0.25) is 0 Å². The van der Waals surface area contributed by atoms with Crippen molar-refractivity contribution in [2.45, 2.75) is 6.35 Å². The predicted octanol–water partition coefficient (Wildman–Crippen LogP) is 0.345. The molecule has 6 heteroatoms. The van der Waals surface area contributed by atoms with Gasteiger partial charge in [0.15, 0.2) is 6.35 Å². The van der Waals surface area contributed by atoms with Crippen LogP contribution in [0, 0.1) is 0 Å². The fraction of sp³-hybridized carbons (Fsp3) is 0.300. The zero-order valence-corrected chi connectivity index (χ0v) is 9.24. The molecule has 16 heavy (non-hydrogen) atoms. The molecule has 0 saturated carbocycles. The van der Waals surface area contributed by atoms with Crippen molar-refractivity contribution in [2.24, 2.45) is 0 Å². The summed E-state index contributed by atoms with van der Waals surface area (Å²) in [6.07, 6.45) is -0.794. The topological polar surface area (TPSA) is 85.4 Å². The largest absolute Gasteiger partial charge is 0.361 e. The Balaban J connectivity index is 2.57. The first-order chi connectivity index (χ1) is 7.65. The summed E-state index contributed by atoms with van der Waals surface area (Å²) in [5.41, 5.74) is 1.44. The van der Waals surface area contributed by atoms with E-state index in [0.717, 1.165) is 5.69 Å². The number of rotatable bonds is 4. The molecule has 0 saturated heterocycles. The zero-order chi connectivity index (χ0) is 12.0. The molecule has 5 N–H and O–H groups in total. The molecule has 0 heterocycles. The van der Waals surface area contributed by atoms with Crippen LogP contribution in [0.25, 0.3) is 0 Å². The van der Waals surface area contributed by atoms with Gasteiger partial charge < -0.3 is 21.1 Å². The van der Waals surface area contributed by atoms with E-state index in [1.54, 1.807) is 38.4 Å². The number of benzene rings is 1. The molecule has 0 aromatic heterocycles. The van der Waals surface area contributed by atoms with E-state index in [-0.39, 0.29) is 6.03 Å². The highest BCUT2D eigenvalue weighted by Gasteiger charge is 2.01. The second kappa shape index (κ2) is 5.94. The molecule has 0 spiro atoms. The van der Waals surface area contributed by atoms with Crippen molar-refractivity contribution < 1.29 is 9.90 Å². The minimum Gasteiger partial charge on any atom is -0.361 e. The van der Waals surface area contributed by atoms with Gasteiger partial charge in [0.05, 0.1) is 0 Å². The number of amides is 2. The zero-order valence-electron chi connectivity index (χ0n) is 9.24. The van der Waals surface area contributed by atoms with Crippen LogP contribution in [0.4, 0.5) is 16.2 Å². The number of urea groups is 1. The predicted molar refractivity (Wildman–Crippen MR) is 63.2 cm³/mol. The molecule has 0 bridgehead atoms. The summed E-state index contributed by atoms with van der Waals surface area (Å²) in [4.78, 5) is 11.0. The minimum atomic E-state index is -0.794. The molecule has 2 amide bonds. The first-order valence-electron chi connectivity index (χ1n) is 4.86. The molecule has 6 nitrogen and oxygen atoms in total. The highest BCUT2D eigenvalue weighted by atomic mass is 16.3. The maximum atomic E-state index is 11.0. The van der Waals surface area contributed by atoms with Gasteiger partial charge in [-0.25, -0.2) is 4.79 Å². The molecular weight excluding hydrogens is 208 g/mol. The summed E-state index contributed by atoms with van der Waals surface area (Å²) in [5, 5.41) is 19.8. The van der Waals surface area contributed by atoms with Gasteiger partial charge in [-0.1, -0.05) is 0 Å². The molecule has 88 valence electrons. The van der Waals surface area contributed by atoms with Crippen LogP contribution in [-0.4, -0.2) is 31.6 Å². The van der Waals surface area contributed by atoms with Crippen LogP contribution in [0.3, 0.4) is 0 Å². The third kappa shape index (κ3) is 3.76. The standard InChI is InChI=1S/C10H16N4O2/c1-11-9(15)13-7-3-5-8(6-4-7)14-10(16)12-2/h3-6,9,11,13,15H,1-2H3,(H2,12,14,16). The maximum Gasteiger partial charge on any atom is 0.318 e. The third-order valence-electron chi connectivity index (χ3n) is 1.95. The van der Waals surface area contributed by atoms with Crippen LogP contribution in [0.5, 0.6) is 0 Å². The van der Waals surface area contributed by atoms with Gasteiger partial charge in [-0.2, -0.15) is 0 Å². The molecule has 0 aliphatic rings. The van der Waals surface area contributed by atoms with Gasteiger partial charge in [-0.3, -0.25) is 5.32 Å². The van der Waals surface area contributed by atoms with Crippen LogP contribution in [0.15, 0.2) is 24.3 Å². The summed E-state index contributed by atoms with van der Waals surface area (Å²) >= 11 is 0. The fourth-order valence-corrected chi connectivity index (χ4v) is 1.07. The average Bonchev–Trinajstić information content (AvgIpc) is 2.31. The van der Waals surface area contributed by atoms with Crippen LogP contribution in [-0.2, 0) is 0 Å². The third-order valence-corrected chi connectivity index (χ3v) is 1.95. The lowest BCUT2D eigenvalue weighted by Crippen LogP contribution is -2.32. The molecule has 0 aliphatic heterocycles. The van der Waals surface area contributed by atoms with Crippen molar-refractivity contribution in [2.75, 3.05) is 24.7 Å². The van der Waals surface area contributed by atoms with Gasteiger partial charge in [-0.05, 0) is 31.3 Å². The average molecular weight is 224 g/mol. The number of nitrogens with one attached hydrogen (secondary N) is 4. The van der Waals surface area contributed by atoms with Gasteiger partial charge in [0.2, 0.25) is 0 Å². The van der Waals surface area contributed by atoms with Gasteiger partial charge in [-0.15, -0.1) is 0 Å². The van der Waals surface area contributed by atoms with Crippen LogP contribution in [0.1, 0.15) is 0 Å². The Morgan fingerprint density at radius 1 is 1.19 bits per heavy atom. The normalized spacial score (nSPS) is 11.7. The van der Waals surface area contributed by atoms with Gasteiger partial charge in [0.1, 0.15) is 0 Å². The SMILES string of the molecule is CNC(=O)Nc1ccc(NC(O)NC)cc1. The van der Waals surface area contributed by atoms with E-state index in [2.05, 4.69) is 21.3 Å². The monoisotopic (exact) mass is 224 g/mol. The van der Waals surface area contributed by atoms with Gasteiger partial charge in [0, 0.05) is 18.4 Å². The number of hydrogen-bond donors (Lipinski definition) is 5. The fourth-order valence-electron chi connectivity index (χ4n) is 1.07. The van der Waals surface area contributed by atoms with Crippen molar-refractivity contribution in [3.63, 3.8) is 0 Å². The first-order valence-corrected chi connectivity index (χ1v) is 4.86. The number of aliphatic hydroxyl groups is 1. The Morgan fingerprint density at radius 3 is 2.25 bits per heavy atom. The number of hydrogen-bond acceptors (Lipinski definition) is 4.